The molecule has 2 aromatic carbocycles. The highest BCUT2D eigenvalue weighted by molar-refractivity contribution is 9.10. The quantitative estimate of drug-likeness (QED) is 0.707. The molecule has 26 heavy (non-hydrogen) atoms. The molecule has 5 heteroatoms. The summed E-state index contributed by atoms with van der Waals surface area (Å²) >= 11 is 3.59. The molecule has 2 atom stereocenters. The van der Waals surface area contributed by atoms with Crippen LogP contribution in [0.25, 0.3) is 0 Å². The van der Waals surface area contributed by atoms with Gasteiger partial charge in [0.15, 0.2) is 0 Å². The third kappa shape index (κ3) is 5.24. The topological polar surface area (TPSA) is 47.6 Å². The summed E-state index contributed by atoms with van der Waals surface area (Å²) in [5, 5.41) is 2.93. The number of hydrogen-bond acceptors (Lipinski definition) is 3. The van der Waals surface area contributed by atoms with E-state index in [2.05, 4.69) is 33.4 Å². The van der Waals surface area contributed by atoms with Gasteiger partial charge in [0.25, 0.3) is 0 Å². The number of nitrogens with one attached hydrogen (secondary N) is 1. The van der Waals surface area contributed by atoms with E-state index in [4.69, 9.17) is 9.47 Å². The van der Waals surface area contributed by atoms with Gasteiger partial charge in [0.2, 0.25) is 0 Å². The van der Waals surface area contributed by atoms with Gasteiger partial charge >= 0.3 is 6.09 Å². The van der Waals surface area contributed by atoms with Crippen molar-refractivity contribution in [1.29, 1.82) is 0 Å². The minimum absolute atomic E-state index is 0.132. The lowest BCUT2D eigenvalue weighted by atomic mass is 10.1. The van der Waals surface area contributed by atoms with Crippen molar-refractivity contribution in [3.63, 3.8) is 0 Å². The second kappa shape index (κ2) is 7.70. The zero-order chi connectivity index (χ0) is 18.7. The van der Waals surface area contributed by atoms with E-state index in [1.54, 1.807) is 0 Å². The van der Waals surface area contributed by atoms with Gasteiger partial charge in [-0.1, -0.05) is 36.4 Å². The smallest absolute Gasteiger partial charge is 0.407 e. The van der Waals surface area contributed by atoms with Crippen molar-refractivity contribution in [3.8, 4) is 5.75 Å². The number of rotatable bonds is 5. The van der Waals surface area contributed by atoms with Gasteiger partial charge in [-0.15, -0.1) is 0 Å². The van der Waals surface area contributed by atoms with Crippen LogP contribution in [0.3, 0.4) is 0 Å². The third-order valence-corrected chi connectivity index (χ3v) is 4.73. The third-order valence-electron chi connectivity index (χ3n) is 4.11. The first-order chi connectivity index (χ1) is 12.3. The highest BCUT2D eigenvalue weighted by Crippen LogP contribution is 2.43. The molecule has 0 spiro atoms. The number of benzene rings is 2. The average Bonchev–Trinajstić information content (AvgIpc) is 3.31. The standard InChI is InChI=1S/C21H24BrNO3/c1-21(2,3)26-20(24)23-18-12-16(18)15-9-10-19(17(22)11-15)25-13-14-7-5-4-6-8-14/h4-11,16,18H,12-13H2,1-3H3,(H,23,24). The Morgan fingerprint density at radius 3 is 2.58 bits per heavy atom. The molecule has 3 rings (SSSR count). The Hall–Kier alpha value is -2.01. The van der Waals surface area contributed by atoms with E-state index in [9.17, 15) is 4.79 Å². The Balaban J connectivity index is 1.54. The number of halogens is 1. The first-order valence-corrected chi connectivity index (χ1v) is 9.57. The summed E-state index contributed by atoms with van der Waals surface area (Å²) in [6, 6.07) is 16.3. The van der Waals surface area contributed by atoms with Crippen LogP contribution in [0.1, 0.15) is 44.2 Å². The molecule has 0 aromatic heterocycles. The van der Waals surface area contributed by atoms with Crippen LogP contribution in [0.4, 0.5) is 4.79 Å². The first kappa shape index (κ1) is 18.8. The summed E-state index contributed by atoms with van der Waals surface area (Å²) in [4.78, 5) is 11.9. The monoisotopic (exact) mass is 417 g/mol. The van der Waals surface area contributed by atoms with Crippen LogP contribution >= 0.6 is 15.9 Å². The fraction of sp³-hybridized carbons (Fsp3) is 0.381. The van der Waals surface area contributed by atoms with Crippen LogP contribution in [-0.4, -0.2) is 17.7 Å². The predicted octanol–water partition coefficient (Wildman–Crippen LogP) is 5.41. The van der Waals surface area contributed by atoms with E-state index in [1.165, 1.54) is 5.56 Å². The molecule has 1 amide bonds. The number of carbonyl (C=O) groups is 1. The lowest BCUT2D eigenvalue weighted by Gasteiger charge is -2.19. The van der Waals surface area contributed by atoms with Crippen LogP contribution in [0.15, 0.2) is 53.0 Å². The van der Waals surface area contributed by atoms with Gasteiger partial charge in [-0.2, -0.15) is 0 Å². The van der Waals surface area contributed by atoms with E-state index in [1.807, 2.05) is 57.2 Å². The summed E-state index contributed by atoms with van der Waals surface area (Å²) in [6.45, 7) is 6.12. The zero-order valence-corrected chi connectivity index (χ0v) is 16.9. The summed E-state index contributed by atoms with van der Waals surface area (Å²) in [7, 11) is 0. The Labute approximate surface area is 163 Å². The van der Waals surface area contributed by atoms with E-state index in [0.29, 0.717) is 12.5 Å². The molecule has 1 aliphatic rings. The van der Waals surface area contributed by atoms with E-state index >= 15 is 0 Å². The van der Waals surface area contributed by atoms with Gasteiger partial charge in [0, 0.05) is 12.0 Å². The maximum Gasteiger partial charge on any atom is 0.407 e. The lowest BCUT2D eigenvalue weighted by Crippen LogP contribution is -2.34. The molecule has 2 aromatic rings. The second-order valence-corrected chi connectivity index (χ2v) is 8.41. The molecule has 0 saturated heterocycles. The molecule has 0 radical (unpaired) electrons. The maximum atomic E-state index is 11.9. The molecule has 1 aliphatic carbocycles. The Morgan fingerprint density at radius 2 is 1.92 bits per heavy atom. The number of amides is 1. The molecule has 2 unspecified atom stereocenters. The number of ether oxygens (including phenoxy) is 2. The normalized spacial score (nSPS) is 18.9. The molecule has 1 N–H and O–H groups in total. The number of hydrogen-bond donors (Lipinski definition) is 1. The van der Waals surface area contributed by atoms with Crippen LogP contribution in [-0.2, 0) is 11.3 Å². The van der Waals surface area contributed by atoms with Gasteiger partial charge in [-0.3, -0.25) is 0 Å². The molecule has 1 saturated carbocycles. The van der Waals surface area contributed by atoms with Crippen molar-refractivity contribution in [1.82, 2.24) is 5.32 Å². The van der Waals surface area contributed by atoms with Crippen molar-refractivity contribution in [2.24, 2.45) is 0 Å². The van der Waals surface area contributed by atoms with Gasteiger partial charge in [0.1, 0.15) is 18.0 Å². The Bertz CT molecular complexity index is 771. The predicted molar refractivity (Wildman–Crippen MR) is 105 cm³/mol. The Morgan fingerprint density at radius 1 is 1.19 bits per heavy atom. The number of alkyl carbamates (subject to hydrolysis) is 1. The van der Waals surface area contributed by atoms with Crippen LogP contribution in [0.5, 0.6) is 5.75 Å². The lowest BCUT2D eigenvalue weighted by molar-refractivity contribution is 0.0523. The van der Waals surface area contributed by atoms with Gasteiger partial charge < -0.3 is 14.8 Å². The van der Waals surface area contributed by atoms with Crippen LogP contribution in [0, 0.1) is 0 Å². The van der Waals surface area contributed by atoms with Crippen molar-refractivity contribution < 1.29 is 14.3 Å². The summed E-state index contributed by atoms with van der Waals surface area (Å²) in [5.74, 6) is 1.14. The molecular weight excluding hydrogens is 394 g/mol. The molecular formula is C21H24BrNO3. The molecule has 0 bridgehead atoms. The maximum absolute atomic E-state index is 11.9. The fourth-order valence-electron chi connectivity index (χ4n) is 2.78. The summed E-state index contributed by atoms with van der Waals surface area (Å²) < 4.78 is 12.1. The summed E-state index contributed by atoms with van der Waals surface area (Å²) in [6.07, 6.45) is 0.572. The second-order valence-electron chi connectivity index (χ2n) is 7.56. The minimum Gasteiger partial charge on any atom is -0.488 e. The van der Waals surface area contributed by atoms with Crippen molar-refractivity contribution in [2.45, 2.75) is 51.4 Å². The fourth-order valence-corrected chi connectivity index (χ4v) is 3.29. The van der Waals surface area contributed by atoms with Gasteiger partial charge in [0.05, 0.1) is 4.47 Å². The Kier molecular flexibility index (Phi) is 5.56. The minimum atomic E-state index is -0.477. The van der Waals surface area contributed by atoms with Crippen molar-refractivity contribution in [3.05, 3.63) is 64.1 Å². The number of carbonyl (C=O) groups excluding carboxylic acids is 1. The van der Waals surface area contributed by atoms with Gasteiger partial charge in [-0.05, 0) is 66.4 Å². The van der Waals surface area contributed by atoms with Gasteiger partial charge in [-0.25, -0.2) is 4.79 Å². The summed E-state index contributed by atoms with van der Waals surface area (Å²) in [5.41, 5.74) is 1.84. The van der Waals surface area contributed by atoms with E-state index < -0.39 is 5.60 Å². The first-order valence-electron chi connectivity index (χ1n) is 8.77. The van der Waals surface area contributed by atoms with E-state index in [-0.39, 0.29) is 12.1 Å². The molecule has 0 aliphatic heterocycles. The van der Waals surface area contributed by atoms with Crippen molar-refractivity contribution >= 4 is 22.0 Å². The molecule has 138 valence electrons. The van der Waals surface area contributed by atoms with E-state index in [0.717, 1.165) is 22.2 Å². The molecule has 4 nitrogen and oxygen atoms in total. The zero-order valence-electron chi connectivity index (χ0n) is 15.3. The van der Waals surface area contributed by atoms with Crippen LogP contribution in [0.2, 0.25) is 0 Å². The SMILES string of the molecule is CC(C)(C)OC(=O)NC1CC1c1ccc(OCc2ccccc2)c(Br)c1. The molecule has 0 heterocycles. The van der Waals surface area contributed by atoms with Crippen LogP contribution < -0.4 is 10.1 Å². The molecule has 1 fully saturated rings. The highest BCUT2D eigenvalue weighted by atomic mass is 79.9. The highest BCUT2D eigenvalue weighted by Gasteiger charge is 2.40. The largest absolute Gasteiger partial charge is 0.488 e. The van der Waals surface area contributed by atoms with Crippen molar-refractivity contribution in [2.75, 3.05) is 0 Å². The average molecular weight is 418 g/mol.